The molecule has 4 nitrogen and oxygen atoms in total. The van der Waals surface area contributed by atoms with Gasteiger partial charge < -0.3 is 5.73 Å². The van der Waals surface area contributed by atoms with Crippen LogP contribution in [0.3, 0.4) is 0 Å². The molecular weight excluding hydrogens is 256 g/mol. The van der Waals surface area contributed by atoms with E-state index in [4.69, 9.17) is 5.73 Å². The maximum atomic E-state index is 5.96. The molecule has 2 aromatic heterocycles. The highest BCUT2D eigenvalue weighted by Gasteiger charge is 2.09. The summed E-state index contributed by atoms with van der Waals surface area (Å²) >= 11 is 1.68. The van der Waals surface area contributed by atoms with Gasteiger partial charge in [-0.3, -0.25) is 9.67 Å². The van der Waals surface area contributed by atoms with Crippen LogP contribution in [0, 0.1) is 6.92 Å². The highest BCUT2D eigenvalue weighted by molar-refractivity contribution is 7.99. The van der Waals surface area contributed by atoms with Gasteiger partial charge in [0.25, 0.3) is 0 Å². The summed E-state index contributed by atoms with van der Waals surface area (Å²) in [7, 11) is 1.95. The molecule has 0 fully saturated rings. The lowest BCUT2D eigenvalue weighted by molar-refractivity contribution is 0.692. The van der Waals surface area contributed by atoms with E-state index in [1.807, 2.05) is 42.9 Å². The van der Waals surface area contributed by atoms with Crippen molar-refractivity contribution in [3.63, 3.8) is 0 Å². The summed E-state index contributed by atoms with van der Waals surface area (Å²) in [4.78, 5) is 5.49. The molecule has 0 spiro atoms. The fourth-order valence-corrected chi connectivity index (χ4v) is 3.09. The third-order valence-electron chi connectivity index (χ3n) is 2.93. The van der Waals surface area contributed by atoms with Gasteiger partial charge in [0.15, 0.2) is 0 Å². The van der Waals surface area contributed by atoms with E-state index in [0.717, 1.165) is 26.5 Å². The monoisotopic (exact) mass is 270 g/mol. The molecule has 0 radical (unpaired) electrons. The number of nitrogens with zero attached hydrogens (tertiary/aromatic N) is 3. The largest absolute Gasteiger partial charge is 0.397 e. The molecule has 0 aliphatic rings. The Hall–Kier alpha value is -2.01. The molecule has 0 atom stereocenters. The van der Waals surface area contributed by atoms with Gasteiger partial charge in [-0.1, -0.05) is 17.8 Å². The normalized spacial score (nSPS) is 11.1. The minimum absolute atomic E-state index is 0.709. The molecule has 5 heteroatoms. The number of nitrogen functional groups attached to an aromatic ring is 1. The van der Waals surface area contributed by atoms with Gasteiger partial charge in [-0.05, 0) is 31.2 Å². The van der Waals surface area contributed by atoms with Crippen LogP contribution >= 0.6 is 11.8 Å². The number of hydrogen-bond acceptors (Lipinski definition) is 4. The van der Waals surface area contributed by atoms with E-state index in [2.05, 4.69) is 16.1 Å². The Morgan fingerprint density at radius 3 is 2.84 bits per heavy atom. The van der Waals surface area contributed by atoms with Gasteiger partial charge in [0.1, 0.15) is 0 Å². The van der Waals surface area contributed by atoms with E-state index in [9.17, 15) is 0 Å². The molecule has 3 aromatic rings. The molecule has 2 heterocycles. The van der Waals surface area contributed by atoms with Crippen LogP contribution in [-0.2, 0) is 7.05 Å². The molecule has 0 aliphatic heterocycles. The topological polar surface area (TPSA) is 56.7 Å². The molecular formula is C14H14N4S. The zero-order chi connectivity index (χ0) is 13.4. The Morgan fingerprint density at radius 1 is 1.26 bits per heavy atom. The van der Waals surface area contributed by atoms with Crippen LogP contribution < -0.4 is 5.73 Å². The molecule has 96 valence electrons. The summed E-state index contributed by atoms with van der Waals surface area (Å²) in [6.45, 7) is 1.99. The molecule has 3 rings (SSSR count). The zero-order valence-corrected chi connectivity index (χ0v) is 11.6. The molecule has 2 N–H and O–H groups in total. The third-order valence-corrected chi connectivity index (χ3v) is 4.10. The predicted molar refractivity (Wildman–Crippen MR) is 78.2 cm³/mol. The van der Waals surface area contributed by atoms with Gasteiger partial charge in [0.2, 0.25) is 0 Å². The lowest BCUT2D eigenvalue weighted by atomic mass is 10.2. The highest BCUT2D eigenvalue weighted by Crippen LogP contribution is 2.34. The summed E-state index contributed by atoms with van der Waals surface area (Å²) < 4.78 is 1.89. The standard InChI is InChI=1S/C14H14N4S/c1-9-8-13(18(2)17-9)19-12-6-5-11(15)14-10(12)4-3-7-16-14/h3-8H,15H2,1-2H3. The fraction of sp³-hybridized carbons (Fsp3) is 0.143. The van der Waals surface area contributed by atoms with E-state index in [0.29, 0.717) is 5.69 Å². The molecule has 0 saturated carbocycles. The number of pyridine rings is 1. The zero-order valence-electron chi connectivity index (χ0n) is 10.8. The molecule has 0 bridgehead atoms. The third kappa shape index (κ3) is 2.17. The Balaban J connectivity index is 2.11. The van der Waals surface area contributed by atoms with Crippen molar-refractivity contribution in [3.05, 3.63) is 42.2 Å². The number of rotatable bonds is 2. The Bertz CT molecular complexity index is 748. The molecule has 19 heavy (non-hydrogen) atoms. The number of aryl methyl sites for hydroxylation is 2. The smallest absolute Gasteiger partial charge is 0.0987 e. The highest BCUT2D eigenvalue weighted by atomic mass is 32.2. The van der Waals surface area contributed by atoms with Crippen molar-refractivity contribution in [1.29, 1.82) is 0 Å². The van der Waals surface area contributed by atoms with Crippen molar-refractivity contribution in [2.75, 3.05) is 5.73 Å². The number of nitrogens with two attached hydrogens (primary N) is 1. The van der Waals surface area contributed by atoms with Gasteiger partial charge in [0.05, 0.1) is 21.9 Å². The van der Waals surface area contributed by atoms with Gasteiger partial charge in [-0.25, -0.2) is 0 Å². The van der Waals surface area contributed by atoms with Gasteiger partial charge in [0, 0.05) is 23.5 Å². The summed E-state index contributed by atoms with van der Waals surface area (Å²) in [5.41, 5.74) is 8.54. The minimum Gasteiger partial charge on any atom is -0.397 e. The Labute approximate surface area is 115 Å². The summed E-state index contributed by atoms with van der Waals surface area (Å²) in [5, 5.41) is 6.54. The minimum atomic E-state index is 0.709. The van der Waals surface area contributed by atoms with Crippen molar-refractivity contribution in [2.24, 2.45) is 7.05 Å². The van der Waals surface area contributed by atoms with Gasteiger partial charge in [-0.2, -0.15) is 5.10 Å². The number of hydrogen-bond donors (Lipinski definition) is 1. The van der Waals surface area contributed by atoms with E-state index in [-0.39, 0.29) is 0 Å². The predicted octanol–water partition coefficient (Wildman–Crippen LogP) is 3.01. The summed E-state index contributed by atoms with van der Waals surface area (Å²) in [5.74, 6) is 0. The second-order valence-corrected chi connectivity index (χ2v) is 5.46. The van der Waals surface area contributed by atoms with E-state index in [1.54, 1.807) is 18.0 Å². The van der Waals surface area contributed by atoms with E-state index < -0.39 is 0 Å². The number of fused-ring (bicyclic) bond motifs is 1. The SMILES string of the molecule is Cc1cc(Sc2ccc(N)c3ncccc23)n(C)n1. The number of anilines is 1. The van der Waals surface area contributed by atoms with Crippen LogP contribution in [0.25, 0.3) is 10.9 Å². The maximum Gasteiger partial charge on any atom is 0.0987 e. The maximum absolute atomic E-state index is 5.96. The molecule has 0 amide bonds. The first-order chi connectivity index (χ1) is 9.15. The Morgan fingerprint density at radius 2 is 2.11 bits per heavy atom. The Kier molecular flexibility index (Phi) is 2.91. The molecule has 0 unspecified atom stereocenters. The van der Waals surface area contributed by atoms with Crippen molar-refractivity contribution in [1.82, 2.24) is 14.8 Å². The van der Waals surface area contributed by atoms with Crippen molar-refractivity contribution in [3.8, 4) is 0 Å². The van der Waals surface area contributed by atoms with Crippen molar-refractivity contribution in [2.45, 2.75) is 16.8 Å². The number of benzene rings is 1. The average Bonchev–Trinajstić information content (AvgIpc) is 2.72. The average molecular weight is 270 g/mol. The van der Waals surface area contributed by atoms with Crippen LogP contribution in [0.1, 0.15) is 5.69 Å². The number of aromatic nitrogens is 3. The van der Waals surface area contributed by atoms with Crippen LogP contribution in [-0.4, -0.2) is 14.8 Å². The van der Waals surface area contributed by atoms with Crippen LogP contribution in [0.4, 0.5) is 5.69 Å². The van der Waals surface area contributed by atoms with Crippen LogP contribution in [0.5, 0.6) is 0 Å². The van der Waals surface area contributed by atoms with Gasteiger partial charge in [-0.15, -0.1) is 0 Å². The second kappa shape index (κ2) is 4.59. The van der Waals surface area contributed by atoms with Crippen LogP contribution in [0.15, 0.2) is 46.5 Å². The summed E-state index contributed by atoms with van der Waals surface area (Å²) in [6, 6.07) is 9.99. The first-order valence-corrected chi connectivity index (χ1v) is 6.78. The summed E-state index contributed by atoms with van der Waals surface area (Å²) in [6.07, 6.45) is 1.77. The van der Waals surface area contributed by atoms with E-state index in [1.165, 1.54) is 0 Å². The van der Waals surface area contributed by atoms with Gasteiger partial charge >= 0.3 is 0 Å². The quantitative estimate of drug-likeness (QED) is 0.727. The first-order valence-electron chi connectivity index (χ1n) is 5.97. The molecule has 1 aromatic carbocycles. The molecule has 0 saturated heterocycles. The van der Waals surface area contributed by atoms with E-state index >= 15 is 0 Å². The lowest BCUT2D eigenvalue weighted by Gasteiger charge is -2.07. The van der Waals surface area contributed by atoms with Crippen molar-refractivity contribution >= 4 is 28.4 Å². The van der Waals surface area contributed by atoms with Crippen molar-refractivity contribution < 1.29 is 0 Å². The lowest BCUT2D eigenvalue weighted by Crippen LogP contribution is -1.93. The first kappa shape index (κ1) is 12.0. The fourth-order valence-electron chi connectivity index (χ4n) is 2.05. The van der Waals surface area contributed by atoms with Crippen LogP contribution in [0.2, 0.25) is 0 Å². The molecule has 0 aliphatic carbocycles. The second-order valence-electron chi connectivity index (χ2n) is 4.40.